The van der Waals surface area contributed by atoms with Crippen molar-refractivity contribution in [3.63, 3.8) is 0 Å². The van der Waals surface area contributed by atoms with Crippen molar-refractivity contribution in [2.45, 2.75) is 25.1 Å². The van der Waals surface area contributed by atoms with E-state index >= 15 is 0 Å². The average molecular weight is 207 g/mol. The Hall–Kier alpha value is -0.260. The van der Waals surface area contributed by atoms with Gasteiger partial charge < -0.3 is 15.6 Å². The van der Waals surface area contributed by atoms with Gasteiger partial charge in [-0.3, -0.25) is 0 Å². The fourth-order valence-corrected chi connectivity index (χ4v) is 1.37. The van der Waals surface area contributed by atoms with Crippen LogP contribution in [0.3, 0.4) is 0 Å². The maximum atomic E-state index is 10.6. The monoisotopic (exact) mass is 207 g/mol. The van der Waals surface area contributed by atoms with Gasteiger partial charge in [0.05, 0.1) is 6.61 Å². The summed E-state index contributed by atoms with van der Waals surface area (Å²) in [6.45, 7) is 4.78. The zero-order chi connectivity index (χ0) is 10.3. The van der Waals surface area contributed by atoms with Gasteiger partial charge in [-0.25, -0.2) is 4.79 Å². The molecule has 0 aliphatic heterocycles. The summed E-state index contributed by atoms with van der Waals surface area (Å²) in [6, 6.07) is 0. The zero-order valence-corrected chi connectivity index (χ0v) is 8.89. The van der Waals surface area contributed by atoms with E-state index in [2.05, 4.69) is 0 Å². The summed E-state index contributed by atoms with van der Waals surface area (Å²) < 4.78 is 5.19. The van der Waals surface area contributed by atoms with Crippen molar-refractivity contribution in [2.75, 3.05) is 19.0 Å². The van der Waals surface area contributed by atoms with Crippen molar-refractivity contribution < 1.29 is 14.6 Å². The molecule has 0 radical (unpaired) electrons. The first-order valence-electron chi connectivity index (χ1n) is 4.24. The highest BCUT2D eigenvalue weighted by Gasteiger charge is 2.27. The van der Waals surface area contributed by atoms with E-state index in [4.69, 9.17) is 15.6 Å². The van der Waals surface area contributed by atoms with Crippen LogP contribution in [0.4, 0.5) is 0 Å². The third kappa shape index (κ3) is 5.90. The molecule has 0 heterocycles. The minimum absolute atomic E-state index is 0.554. The lowest BCUT2D eigenvalue weighted by molar-refractivity contribution is -0.139. The molecule has 0 aliphatic rings. The summed E-state index contributed by atoms with van der Waals surface area (Å²) in [5, 5.41) is 8.66. The van der Waals surface area contributed by atoms with E-state index in [1.54, 1.807) is 0 Å². The molecule has 0 aromatic rings. The average Bonchev–Trinajstić information content (AvgIpc) is 2.03. The number of thioether (sulfide) groups is 1. The number of carbonyl (C=O) groups is 1. The van der Waals surface area contributed by atoms with E-state index < -0.39 is 10.8 Å². The summed E-state index contributed by atoms with van der Waals surface area (Å²) >= 11 is 1.19. The van der Waals surface area contributed by atoms with Crippen LogP contribution in [0.1, 0.15) is 20.3 Å². The lowest BCUT2D eigenvalue weighted by Crippen LogP contribution is -2.41. The topological polar surface area (TPSA) is 72.5 Å². The molecule has 0 fully saturated rings. The van der Waals surface area contributed by atoms with Gasteiger partial charge in [0.2, 0.25) is 0 Å². The summed E-state index contributed by atoms with van der Waals surface area (Å²) in [5.41, 5.74) is 5.48. The molecule has 0 saturated carbocycles. The highest BCUT2D eigenvalue weighted by atomic mass is 32.2. The van der Waals surface area contributed by atoms with Gasteiger partial charge in [-0.1, -0.05) is 6.92 Å². The van der Waals surface area contributed by atoms with Gasteiger partial charge >= 0.3 is 5.97 Å². The van der Waals surface area contributed by atoms with E-state index in [1.165, 1.54) is 18.7 Å². The number of rotatable bonds is 7. The van der Waals surface area contributed by atoms with Crippen LogP contribution in [-0.4, -0.2) is 34.9 Å². The zero-order valence-electron chi connectivity index (χ0n) is 8.08. The number of ether oxygens (including phenoxy) is 1. The van der Waals surface area contributed by atoms with Gasteiger partial charge in [0.1, 0.15) is 0 Å². The Morgan fingerprint density at radius 2 is 2.23 bits per heavy atom. The second-order valence-corrected chi connectivity index (χ2v) is 4.42. The Labute approximate surface area is 82.8 Å². The summed E-state index contributed by atoms with van der Waals surface area (Å²) in [5.74, 6) is -0.382. The van der Waals surface area contributed by atoms with E-state index in [0.29, 0.717) is 12.4 Å². The van der Waals surface area contributed by atoms with Crippen molar-refractivity contribution in [1.29, 1.82) is 0 Å². The van der Waals surface area contributed by atoms with Crippen LogP contribution in [0.5, 0.6) is 0 Å². The fraction of sp³-hybridized carbons (Fsp3) is 0.875. The predicted octanol–water partition coefficient (Wildman–Crippen LogP) is 0.906. The Bertz CT molecular complexity index is 161. The van der Waals surface area contributed by atoms with Crippen LogP contribution in [0.2, 0.25) is 0 Å². The van der Waals surface area contributed by atoms with Crippen molar-refractivity contribution in [3.05, 3.63) is 0 Å². The molecule has 0 spiro atoms. The molecule has 4 nitrogen and oxygen atoms in total. The van der Waals surface area contributed by atoms with Crippen LogP contribution in [0.15, 0.2) is 0 Å². The predicted molar refractivity (Wildman–Crippen MR) is 53.8 cm³/mol. The standard InChI is InChI=1S/C8H17NO3S/c1-3-4-12-5-6-13-8(2,9)7(10)11/h3-6,9H2,1-2H3,(H,10,11)/t8-/m1/s1. The quantitative estimate of drug-likeness (QED) is 0.479. The van der Waals surface area contributed by atoms with Gasteiger partial charge in [-0.05, 0) is 13.3 Å². The summed E-state index contributed by atoms with van der Waals surface area (Å²) in [4.78, 5) is 9.36. The number of nitrogens with two attached hydrogens (primary N) is 1. The van der Waals surface area contributed by atoms with Crippen LogP contribution in [-0.2, 0) is 9.53 Å². The van der Waals surface area contributed by atoms with E-state index in [-0.39, 0.29) is 0 Å². The van der Waals surface area contributed by atoms with Crippen molar-refractivity contribution in [3.8, 4) is 0 Å². The van der Waals surface area contributed by atoms with E-state index in [0.717, 1.165) is 13.0 Å². The molecular weight excluding hydrogens is 190 g/mol. The molecule has 0 saturated heterocycles. The third-order valence-electron chi connectivity index (χ3n) is 1.40. The van der Waals surface area contributed by atoms with Gasteiger partial charge in [0.25, 0.3) is 0 Å². The molecule has 13 heavy (non-hydrogen) atoms. The lowest BCUT2D eigenvalue weighted by atomic mass is 10.4. The smallest absolute Gasteiger partial charge is 0.333 e. The first kappa shape index (κ1) is 12.7. The molecule has 0 aromatic heterocycles. The molecule has 0 aliphatic carbocycles. The fourth-order valence-electron chi connectivity index (χ4n) is 0.621. The number of hydrogen-bond acceptors (Lipinski definition) is 4. The van der Waals surface area contributed by atoms with Gasteiger partial charge in [-0.15, -0.1) is 11.8 Å². The largest absolute Gasteiger partial charge is 0.479 e. The summed E-state index contributed by atoms with van der Waals surface area (Å²) in [7, 11) is 0. The Morgan fingerprint density at radius 1 is 1.62 bits per heavy atom. The number of hydrogen-bond donors (Lipinski definition) is 2. The number of carboxylic acid groups (broad SMARTS) is 1. The first-order chi connectivity index (χ1) is 6.00. The van der Waals surface area contributed by atoms with Crippen molar-refractivity contribution >= 4 is 17.7 Å². The molecule has 1 atom stereocenters. The van der Waals surface area contributed by atoms with Crippen LogP contribution < -0.4 is 5.73 Å². The number of aliphatic carboxylic acids is 1. The molecule has 0 unspecified atom stereocenters. The molecule has 5 heteroatoms. The van der Waals surface area contributed by atoms with Crippen LogP contribution in [0, 0.1) is 0 Å². The normalized spacial score (nSPS) is 15.3. The SMILES string of the molecule is CCCOCCS[C@@](C)(N)C(=O)O. The maximum absolute atomic E-state index is 10.6. The summed E-state index contributed by atoms with van der Waals surface area (Å²) in [6.07, 6.45) is 0.976. The Kier molecular flexibility index (Phi) is 6.11. The highest BCUT2D eigenvalue weighted by Crippen LogP contribution is 2.18. The van der Waals surface area contributed by atoms with Gasteiger partial charge in [0, 0.05) is 12.4 Å². The molecule has 0 aromatic carbocycles. The van der Waals surface area contributed by atoms with Gasteiger partial charge in [0.15, 0.2) is 4.87 Å². The molecule has 3 N–H and O–H groups in total. The highest BCUT2D eigenvalue weighted by molar-refractivity contribution is 8.01. The Morgan fingerprint density at radius 3 is 2.69 bits per heavy atom. The first-order valence-corrected chi connectivity index (χ1v) is 5.23. The number of carboxylic acids is 1. The maximum Gasteiger partial charge on any atom is 0.333 e. The van der Waals surface area contributed by atoms with E-state index in [9.17, 15) is 4.79 Å². The lowest BCUT2D eigenvalue weighted by Gasteiger charge is -2.17. The Balaban J connectivity index is 3.46. The minimum atomic E-state index is -1.20. The minimum Gasteiger partial charge on any atom is -0.479 e. The van der Waals surface area contributed by atoms with Gasteiger partial charge in [-0.2, -0.15) is 0 Å². The molecular formula is C8H17NO3S. The van der Waals surface area contributed by atoms with E-state index in [1.807, 2.05) is 6.92 Å². The van der Waals surface area contributed by atoms with Crippen molar-refractivity contribution in [1.82, 2.24) is 0 Å². The molecule has 78 valence electrons. The molecule has 0 rings (SSSR count). The van der Waals surface area contributed by atoms with Crippen molar-refractivity contribution in [2.24, 2.45) is 5.73 Å². The molecule has 0 bridgehead atoms. The second kappa shape index (κ2) is 6.23. The second-order valence-electron chi connectivity index (χ2n) is 2.87. The third-order valence-corrected chi connectivity index (χ3v) is 2.55. The van der Waals surface area contributed by atoms with Crippen LogP contribution >= 0.6 is 11.8 Å². The molecule has 0 amide bonds. The van der Waals surface area contributed by atoms with Crippen LogP contribution in [0.25, 0.3) is 0 Å².